The zero-order valence-electron chi connectivity index (χ0n) is 9.38. The van der Waals surface area contributed by atoms with Gasteiger partial charge in [0.05, 0.1) is 26.4 Å². The molecule has 0 amide bonds. The Morgan fingerprint density at radius 2 is 0.556 bits per heavy atom. The van der Waals surface area contributed by atoms with E-state index >= 15 is 0 Å². The van der Waals surface area contributed by atoms with Crippen LogP contribution in [0.25, 0.3) is 0 Å². The number of halogens is 2. The largest absolute Gasteiger partial charge is 0.389 e. The second-order valence-electron chi connectivity index (χ2n) is 1.40. The van der Waals surface area contributed by atoms with Crippen LogP contribution in [-0.4, -0.2) is 72.0 Å². The molecular weight excluding hydrogens is 295 g/mol. The highest BCUT2D eigenvalue weighted by Gasteiger charge is 1.54. The monoisotopic (exact) mass is 312 g/mol. The molecular formula is C8H18Cl2O8. The van der Waals surface area contributed by atoms with E-state index in [1.165, 1.54) is 0 Å². The van der Waals surface area contributed by atoms with Gasteiger partial charge in [-0.3, -0.25) is 0 Å². The molecule has 0 unspecified atom stereocenters. The van der Waals surface area contributed by atoms with Gasteiger partial charge in [0.1, 0.15) is 25.1 Å². The Hall–Kier alpha value is -0.900. The Morgan fingerprint density at radius 1 is 0.500 bits per heavy atom. The molecule has 0 aliphatic rings. The van der Waals surface area contributed by atoms with Crippen LogP contribution in [0.2, 0.25) is 0 Å². The Morgan fingerprint density at radius 3 is 0.556 bits per heavy atom. The molecule has 0 rings (SSSR count). The van der Waals surface area contributed by atoms with E-state index in [1.54, 1.807) is 0 Å². The SMILES string of the molecule is Cl.Cl.O=CCO.O=CCO.O=CCO.O=CCO. The van der Waals surface area contributed by atoms with Gasteiger partial charge in [0, 0.05) is 0 Å². The van der Waals surface area contributed by atoms with Gasteiger partial charge in [-0.05, 0) is 0 Å². The lowest BCUT2D eigenvalue weighted by atomic mass is 10.9. The summed E-state index contributed by atoms with van der Waals surface area (Å²) >= 11 is 0. The van der Waals surface area contributed by atoms with Gasteiger partial charge in [0.2, 0.25) is 0 Å². The molecule has 0 radical (unpaired) electrons. The van der Waals surface area contributed by atoms with Crippen molar-refractivity contribution in [1.82, 2.24) is 0 Å². The third-order valence-electron chi connectivity index (χ3n) is 0.298. The lowest BCUT2D eigenvalue weighted by Gasteiger charge is -1.54. The average molecular weight is 313 g/mol. The number of carbonyl (C=O) groups is 4. The Bertz CT molecular complexity index is 113. The van der Waals surface area contributed by atoms with E-state index in [0.717, 1.165) is 0 Å². The van der Waals surface area contributed by atoms with Gasteiger partial charge >= 0.3 is 0 Å². The van der Waals surface area contributed by atoms with Crippen molar-refractivity contribution in [2.45, 2.75) is 0 Å². The third kappa shape index (κ3) is 312. The molecule has 0 spiro atoms. The van der Waals surface area contributed by atoms with Crippen molar-refractivity contribution in [3.05, 3.63) is 0 Å². The first-order chi connectivity index (χ1) is 7.66. The van der Waals surface area contributed by atoms with E-state index in [9.17, 15) is 0 Å². The summed E-state index contributed by atoms with van der Waals surface area (Å²) in [4.78, 5) is 35.7. The molecule has 8 nitrogen and oxygen atoms in total. The number of rotatable bonds is 4. The quantitative estimate of drug-likeness (QED) is 0.418. The van der Waals surface area contributed by atoms with Crippen LogP contribution in [0.1, 0.15) is 0 Å². The fourth-order valence-electron chi connectivity index (χ4n) is 0. The molecule has 0 aromatic heterocycles. The van der Waals surface area contributed by atoms with Crippen LogP contribution in [0, 0.1) is 0 Å². The van der Waals surface area contributed by atoms with Crippen molar-refractivity contribution in [3.8, 4) is 0 Å². The molecule has 0 aromatic rings. The van der Waals surface area contributed by atoms with Gasteiger partial charge in [-0.15, -0.1) is 24.8 Å². The summed E-state index contributed by atoms with van der Waals surface area (Å²) in [5.74, 6) is 0. The second kappa shape index (κ2) is 72.8. The maximum Gasteiger partial charge on any atom is 0.145 e. The molecule has 0 aromatic carbocycles. The Labute approximate surface area is 116 Å². The van der Waals surface area contributed by atoms with Crippen LogP contribution in [-0.2, 0) is 19.2 Å². The zero-order chi connectivity index (χ0) is 13.7. The number of aliphatic hydroxyl groups excluding tert-OH is 4. The van der Waals surface area contributed by atoms with Crippen LogP contribution < -0.4 is 0 Å². The molecule has 0 bridgehead atoms. The highest BCUT2D eigenvalue weighted by molar-refractivity contribution is 5.85. The summed E-state index contributed by atoms with van der Waals surface area (Å²) < 4.78 is 0. The normalized spacial score (nSPS) is 5.56. The van der Waals surface area contributed by atoms with E-state index in [2.05, 4.69) is 0 Å². The molecule has 0 aliphatic carbocycles. The number of carbonyl (C=O) groups excluding carboxylic acids is 4. The topological polar surface area (TPSA) is 149 Å². The van der Waals surface area contributed by atoms with Crippen LogP contribution in [0.3, 0.4) is 0 Å². The van der Waals surface area contributed by atoms with Gasteiger partial charge in [-0.2, -0.15) is 0 Å². The summed E-state index contributed by atoms with van der Waals surface area (Å²) in [6, 6.07) is 0. The summed E-state index contributed by atoms with van der Waals surface area (Å²) in [7, 11) is 0. The highest BCUT2D eigenvalue weighted by Crippen LogP contribution is 1.28. The van der Waals surface area contributed by atoms with Crippen LogP contribution in [0.4, 0.5) is 0 Å². The molecule has 0 fully saturated rings. The van der Waals surface area contributed by atoms with E-state index in [1.807, 2.05) is 0 Å². The van der Waals surface area contributed by atoms with Crippen molar-refractivity contribution >= 4 is 50.0 Å². The minimum absolute atomic E-state index is 0. The second-order valence-corrected chi connectivity index (χ2v) is 1.40. The van der Waals surface area contributed by atoms with Crippen molar-refractivity contribution in [1.29, 1.82) is 0 Å². The standard InChI is InChI=1S/4C2H4O2.2ClH/c4*3-1-2-4;;/h4*1,4H,2H2;2*1H. The molecule has 112 valence electrons. The molecule has 4 N–H and O–H groups in total. The number of hydrogen-bond donors (Lipinski definition) is 4. The highest BCUT2D eigenvalue weighted by atomic mass is 35.5. The van der Waals surface area contributed by atoms with E-state index in [-0.39, 0.29) is 51.2 Å². The summed E-state index contributed by atoms with van der Waals surface area (Å²) in [5, 5.41) is 30.0. The van der Waals surface area contributed by atoms with E-state index in [0.29, 0.717) is 25.1 Å². The van der Waals surface area contributed by atoms with Gasteiger partial charge in [-0.1, -0.05) is 0 Å². The average Bonchev–Trinajstić information content (AvgIpc) is 2.39. The maximum absolute atomic E-state index is 8.92. The number of aldehydes is 4. The molecule has 0 heterocycles. The maximum atomic E-state index is 8.92. The Kier molecular flexibility index (Phi) is 146. The summed E-state index contributed by atoms with van der Waals surface area (Å²) in [5.41, 5.74) is 0. The van der Waals surface area contributed by atoms with Gasteiger partial charge < -0.3 is 39.6 Å². The van der Waals surface area contributed by atoms with Gasteiger partial charge in [0.25, 0.3) is 0 Å². The number of hydrogen-bond acceptors (Lipinski definition) is 8. The van der Waals surface area contributed by atoms with Crippen molar-refractivity contribution < 1.29 is 39.6 Å². The van der Waals surface area contributed by atoms with Crippen LogP contribution >= 0.6 is 24.8 Å². The molecule has 0 atom stereocenters. The van der Waals surface area contributed by atoms with E-state index in [4.69, 9.17) is 39.6 Å². The molecule has 18 heavy (non-hydrogen) atoms. The fraction of sp³-hybridized carbons (Fsp3) is 0.500. The van der Waals surface area contributed by atoms with Crippen LogP contribution in [0.15, 0.2) is 0 Å². The summed E-state index contributed by atoms with van der Waals surface area (Å²) in [6.07, 6.45) is 1.72. The molecule has 10 heteroatoms. The first-order valence-corrected chi connectivity index (χ1v) is 3.84. The lowest BCUT2D eigenvalue weighted by Crippen LogP contribution is -1.75. The molecule has 0 aliphatic heterocycles. The lowest BCUT2D eigenvalue weighted by molar-refractivity contribution is -0.110. The first kappa shape index (κ1) is 36.0. The Balaban J connectivity index is -0.0000000257. The minimum Gasteiger partial charge on any atom is -0.389 e. The third-order valence-corrected chi connectivity index (χ3v) is 0.298. The van der Waals surface area contributed by atoms with Crippen molar-refractivity contribution in [2.24, 2.45) is 0 Å². The van der Waals surface area contributed by atoms with E-state index < -0.39 is 0 Å². The summed E-state index contributed by atoms with van der Waals surface area (Å²) in [6.45, 7) is -1.44. The first-order valence-electron chi connectivity index (χ1n) is 3.84. The van der Waals surface area contributed by atoms with Gasteiger partial charge in [-0.25, -0.2) is 0 Å². The molecule has 0 saturated heterocycles. The van der Waals surface area contributed by atoms with Crippen molar-refractivity contribution in [3.63, 3.8) is 0 Å². The minimum atomic E-state index is -0.361. The molecule has 0 saturated carbocycles. The smallest absolute Gasteiger partial charge is 0.145 e. The van der Waals surface area contributed by atoms with Crippen molar-refractivity contribution in [2.75, 3.05) is 26.4 Å². The predicted molar refractivity (Wildman–Crippen MR) is 67.1 cm³/mol. The van der Waals surface area contributed by atoms with Gasteiger partial charge in [0.15, 0.2) is 0 Å². The van der Waals surface area contributed by atoms with Crippen LogP contribution in [0.5, 0.6) is 0 Å². The number of aliphatic hydroxyl groups is 4. The zero-order valence-corrected chi connectivity index (χ0v) is 11.0. The fourth-order valence-corrected chi connectivity index (χ4v) is 0. The predicted octanol–water partition coefficient (Wildman–Crippen LogP) is -2.45.